The lowest BCUT2D eigenvalue weighted by atomic mass is 10.1. The van der Waals surface area contributed by atoms with Crippen LogP contribution in [0.15, 0.2) is 48.6 Å². The van der Waals surface area contributed by atoms with Gasteiger partial charge in [0.05, 0.1) is 31.8 Å². The maximum absolute atomic E-state index is 13.7. The Kier molecular flexibility index (Phi) is 41.0. The molecule has 0 unspecified atom stereocenters. The number of nitrogens with zero attached hydrogens (tertiary/aromatic N) is 2. The summed E-state index contributed by atoms with van der Waals surface area (Å²) in [6, 6.07) is 0. The van der Waals surface area contributed by atoms with Crippen molar-refractivity contribution in [3.63, 3.8) is 0 Å². The Morgan fingerprint density at radius 3 is 1.29 bits per heavy atom. The summed E-state index contributed by atoms with van der Waals surface area (Å²) in [5.74, 6) is -0.606. The second-order valence-electron chi connectivity index (χ2n) is 17.1. The van der Waals surface area contributed by atoms with Gasteiger partial charge in [0.15, 0.2) is 0 Å². The first-order valence-electron chi connectivity index (χ1n) is 25.5. The molecule has 11 heteroatoms. The van der Waals surface area contributed by atoms with Gasteiger partial charge in [0.2, 0.25) is 5.91 Å². The number of carbonyl (C=O) groups excluding carboxylic acids is 3. The summed E-state index contributed by atoms with van der Waals surface area (Å²) in [5, 5.41) is 0. The topological polar surface area (TPSA) is 147 Å². The molecule has 1 saturated heterocycles. The van der Waals surface area contributed by atoms with E-state index in [0.29, 0.717) is 52.2 Å². The van der Waals surface area contributed by atoms with E-state index < -0.39 is 0 Å². The van der Waals surface area contributed by atoms with Crippen LogP contribution in [0, 0.1) is 0 Å². The van der Waals surface area contributed by atoms with E-state index in [2.05, 4.69) is 62.5 Å². The van der Waals surface area contributed by atoms with E-state index in [9.17, 15) is 14.4 Å². The molecule has 1 aliphatic rings. The first-order valence-corrected chi connectivity index (χ1v) is 25.5. The number of amides is 1. The highest BCUT2D eigenvalue weighted by Crippen LogP contribution is 2.18. The average molecular weight is 887 g/mol. The number of hydrogen-bond acceptors (Lipinski definition) is 10. The van der Waals surface area contributed by atoms with E-state index in [1.165, 1.54) is 51.4 Å². The van der Waals surface area contributed by atoms with E-state index in [4.69, 9.17) is 30.4 Å². The summed E-state index contributed by atoms with van der Waals surface area (Å²) in [4.78, 5) is 42.6. The molecule has 4 N–H and O–H groups in total. The lowest BCUT2D eigenvalue weighted by Gasteiger charge is -2.25. The molecule has 1 heterocycles. The molecule has 1 aliphatic heterocycles. The monoisotopic (exact) mass is 887 g/mol. The highest BCUT2D eigenvalue weighted by atomic mass is 16.5. The second kappa shape index (κ2) is 44.4. The highest BCUT2D eigenvalue weighted by molar-refractivity contribution is 5.78. The minimum absolute atomic E-state index is 0.0976. The zero-order valence-electron chi connectivity index (χ0n) is 40.3. The van der Waals surface area contributed by atoms with Crippen LogP contribution >= 0.6 is 0 Å². The van der Waals surface area contributed by atoms with Crippen molar-refractivity contribution in [3.05, 3.63) is 48.6 Å². The van der Waals surface area contributed by atoms with Gasteiger partial charge in [-0.15, -0.1) is 0 Å². The third-order valence-corrected chi connectivity index (χ3v) is 11.3. The molecule has 2 atom stereocenters. The van der Waals surface area contributed by atoms with Gasteiger partial charge >= 0.3 is 11.9 Å². The number of rotatable bonds is 44. The fourth-order valence-corrected chi connectivity index (χ4v) is 7.40. The quantitative estimate of drug-likeness (QED) is 0.0344. The van der Waals surface area contributed by atoms with Crippen molar-refractivity contribution in [1.82, 2.24) is 9.80 Å². The lowest BCUT2D eigenvalue weighted by molar-refractivity contribution is -0.148. The average Bonchev–Trinajstić information content (AvgIpc) is 3.66. The Morgan fingerprint density at radius 1 is 0.508 bits per heavy atom. The van der Waals surface area contributed by atoms with Crippen LogP contribution in [-0.2, 0) is 33.3 Å². The van der Waals surface area contributed by atoms with Crippen LogP contribution < -0.4 is 11.5 Å². The number of likely N-dealkylation sites (tertiary alicyclic amines) is 1. The van der Waals surface area contributed by atoms with Gasteiger partial charge in [-0.2, -0.15) is 0 Å². The largest absolute Gasteiger partial charge is 0.464 e. The second-order valence-corrected chi connectivity index (χ2v) is 17.1. The van der Waals surface area contributed by atoms with Crippen molar-refractivity contribution in [2.75, 3.05) is 72.2 Å². The molecule has 1 rings (SSSR count). The van der Waals surface area contributed by atoms with Crippen molar-refractivity contribution in [2.45, 2.75) is 193 Å². The van der Waals surface area contributed by atoms with E-state index in [0.717, 1.165) is 103 Å². The molecule has 1 amide bonds. The fraction of sp³-hybridized carbons (Fsp3) is 0.788. The van der Waals surface area contributed by atoms with Crippen LogP contribution in [0.4, 0.5) is 0 Å². The molecule has 11 nitrogen and oxygen atoms in total. The van der Waals surface area contributed by atoms with Crippen LogP contribution in [0.1, 0.15) is 181 Å². The fourth-order valence-electron chi connectivity index (χ4n) is 7.40. The van der Waals surface area contributed by atoms with Gasteiger partial charge in [-0.3, -0.25) is 19.3 Å². The van der Waals surface area contributed by atoms with Gasteiger partial charge in [0.1, 0.15) is 13.2 Å². The van der Waals surface area contributed by atoms with E-state index in [1.807, 2.05) is 4.90 Å². The van der Waals surface area contributed by atoms with Gasteiger partial charge in [-0.1, -0.05) is 127 Å². The van der Waals surface area contributed by atoms with Crippen LogP contribution in [0.3, 0.4) is 0 Å². The van der Waals surface area contributed by atoms with E-state index in [1.54, 1.807) is 4.90 Å². The van der Waals surface area contributed by atoms with Crippen LogP contribution in [0.2, 0.25) is 0 Å². The summed E-state index contributed by atoms with van der Waals surface area (Å²) in [5.41, 5.74) is 11.4. The number of unbranched alkanes of at least 4 members (excludes halogenated alkanes) is 16. The third kappa shape index (κ3) is 36.1. The van der Waals surface area contributed by atoms with Crippen molar-refractivity contribution in [2.24, 2.45) is 11.5 Å². The normalized spacial score (nSPS) is 15.8. The Hall–Kier alpha value is -2.83. The SMILES string of the molecule is CCCCC/C=C\C/C=C\CCCCCCCC(=O)OCCN(CCOC(=O)CCCCCCC/C=C\C/C=C\CCCCC)C(=O)CN1C[C@H](OCCCN)[C@H](OCCCN)C1. The van der Waals surface area contributed by atoms with Gasteiger partial charge in [-0.05, 0) is 103 Å². The first-order chi connectivity index (χ1) is 30.9. The highest BCUT2D eigenvalue weighted by Gasteiger charge is 2.35. The number of allylic oxidation sites excluding steroid dienone is 8. The summed E-state index contributed by atoms with van der Waals surface area (Å²) in [6.07, 6.45) is 44.8. The van der Waals surface area contributed by atoms with Crippen LogP contribution in [-0.4, -0.2) is 112 Å². The maximum atomic E-state index is 13.7. The minimum atomic E-state index is -0.244. The number of esters is 2. The molecular formula is C52H94N4O7. The first kappa shape index (κ1) is 58.2. The molecule has 0 aromatic rings. The molecular weight excluding hydrogens is 793 g/mol. The van der Waals surface area contributed by atoms with Gasteiger partial charge < -0.3 is 35.3 Å². The smallest absolute Gasteiger partial charge is 0.305 e. The summed E-state index contributed by atoms with van der Waals surface area (Å²) in [6.45, 7) is 8.56. The summed E-state index contributed by atoms with van der Waals surface area (Å²) >= 11 is 0. The predicted octanol–water partition coefficient (Wildman–Crippen LogP) is 10.3. The third-order valence-electron chi connectivity index (χ3n) is 11.3. The Balaban J connectivity index is 2.47. The Bertz CT molecular complexity index is 1130. The molecule has 364 valence electrons. The zero-order chi connectivity index (χ0) is 45.7. The van der Waals surface area contributed by atoms with Crippen LogP contribution in [0.25, 0.3) is 0 Å². The Labute approximate surface area is 385 Å². The standard InChI is InChI=1S/C52H94N4O7/c1-3-5-7-9-11-13-15-17-19-21-23-25-27-29-31-35-51(58)62-43-39-56(50(57)47-55-45-48(60-41-33-37-53)49(46-55)61-42-34-38-54)40-44-63-52(59)36-32-30-28-26-24-22-20-18-16-14-12-10-8-6-4-2/h11-14,17-20,48-49H,3-10,15-16,21-47,53-54H2,1-2H3/b13-11-,14-12-,19-17-,20-18-/t48-,49+. The lowest BCUT2D eigenvalue weighted by Crippen LogP contribution is -2.43. The zero-order valence-corrected chi connectivity index (χ0v) is 40.3. The molecule has 0 aromatic carbocycles. The molecule has 0 radical (unpaired) electrons. The van der Waals surface area contributed by atoms with Crippen molar-refractivity contribution < 1.29 is 33.3 Å². The maximum Gasteiger partial charge on any atom is 0.305 e. The van der Waals surface area contributed by atoms with Gasteiger partial charge in [0, 0.05) is 39.1 Å². The van der Waals surface area contributed by atoms with Crippen molar-refractivity contribution in [1.29, 1.82) is 0 Å². The van der Waals surface area contributed by atoms with E-state index in [-0.39, 0.29) is 62.9 Å². The van der Waals surface area contributed by atoms with Crippen LogP contribution in [0.5, 0.6) is 0 Å². The number of nitrogens with two attached hydrogens (primary N) is 2. The molecule has 0 saturated carbocycles. The van der Waals surface area contributed by atoms with Gasteiger partial charge in [-0.25, -0.2) is 0 Å². The van der Waals surface area contributed by atoms with Crippen molar-refractivity contribution in [3.8, 4) is 0 Å². The molecule has 0 bridgehead atoms. The minimum Gasteiger partial charge on any atom is -0.464 e. The number of carbonyl (C=O) groups is 3. The molecule has 0 aliphatic carbocycles. The number of ether oxygens (including phenoxy) is 4. The van der Waals surface area contributed by atoms with Crippen molar-refractivity contribution >= 4 is 17.8 Å². The summed E-state index contributed by atoms with van der Waals surface area (Å²) in [7, 11) is 0. The Morgan fingerprint density at radius 2 is 0.889 bits per heavy atom. The predicted molar refractivity (Wildman–Crippen MR) is 260 cm³/mol. The molecule has 63 heavy (non-hydrogen) atoms. The summed E-state index contributed by atoms with van der Waals surface area (Å²) < 4.78 is 23.4. The number of hydrogen-bond donors (Lipinski definition) is 2. The molecule has 0 spiro atoms. The molecule has 1 fully saturated rings. The molecule has 0 aromatic heterocycles. The van der Waals surface area contributed by atoms with E-state index >= 15 is 0 Å². The van der Waals surface area contributed by atoms with Gasteiger partial charge in [0.25, 0.3) is 0 Å².